The van der Waals surface area contributed by atoms with E-state index in [2.05, 4.69) is 5.32 Å². The lowest BCUT2D eigenvalue weighted by Gasteiger charge is -2.34. The molecule has 11 heteroatoms. The first-order valence-corrected chi connectivity index (χ1v) is 17.8. The van der Waals surface area contributed by atoms with Crippen LogP contribution in [-0.4, -0.2) is 51.4 Å². The minimum Gasteiger partial charge on any atom is -0.495 e. The van der Waals surface area contributed by atoms with Crippen LogP contribution in [0.25, 0.3) is 0 Å². The van der Waals surface area contributed by atoms with Crippen LogP contribution in [0.5, 0.6) is 5.75 Å². The summed E-state index contributed by atoms with van der Waals surface area (Å²) in [6, 6.07) is 24.8. The zero-order valence-corrected chi connectivity index (χ0v) is 30.1. The quantitative estimate of drug-likeness (QED) is 0.149. The van der Waals surface area contributed by atoms with Gasteiger partial charge in [-0.1, -0.05) is 97.2 Å². The molecule has 1 atom stereocenters. The molecule has 0 radical (unpaired) electrons. The van der Waals surface area contributed by atoms with Crippen LogP contribution >= 0.6 is 23.2 Å². The number of carbonyl (C=O) groups excluding carboxylic acids is 2. The molecule has 0 saturated heterocycles. The number of sulfonamides is 1. The first-order valence-electron chi connectivity index (χ1n) is 15.6. The summed E-state index contributed by atoms with van der Waals surface area (Å²) in [5, 5.41) is 3.71. The number of carbonyl (C=O) groups is 2. The van der Waals surface area contributed by atoms with Crippen LogP contribution in [0.3, 0.4) is 0 Å². The van der Waals surface area contributed by atoms with Gasteiger partial charge in [-0.3, -0.25) is 13.9 Å². The maximum absolute atomic E-state index is 14.7. The molecule has 0 aliphatic heterocycles. The van der Waals surface area contributed by atoms with Gasteiger partial charge in [0.05, 0.1) is 17.7 Å². The molecule has 0 aliphatic rings. The molecule has 8 nitrogen and oxygen atoms in total. The standard InChI is InChI=1S/C37H41Cl2N3O5S/c1-25(2)22-40-37(44)34(20-28-9-7-6-8-10-28)41(23-29-14-15-30(38)21-32(29)39)36(43)24-42(33-19-27(4)13-18-35(33)47-5)48(45,46)31-16-11-26(3)12-17-31/h6-19,21,25,34H,20,22-24H2,1-5H3,(H,40,44)/t34-/m1/s1. The fourth-order valence-corrected chi connectivity index (χ4v) is 7.04. The Morgan fingerprint density at radius 1 is 0.875 bits per heavy atom. The molecule has 4 rings (SSSR count). The number of halogens is 2. The molecular weight excluding hydrogens is 669 g/mol. The highest BCUT2D eigenvalue weighted by Gasteiger charge is 2.36. The Labute approximate surface area is 293 Å². The van der Waals surface area contributed by atoms with Crippen molar-refractivity contribution in [2.24, 2.45) is 5.92 Å². The minimum absolute atomic E-state index is 0.00673. The Hall–Kier alpha value is -4.05. The predicted molar refractivity (Wildman–Crippen MR) is 192 cm³/mol. The van der Waals surface area contributed by atoms with Crippen LogP contribution in [0.1, 0.15) is 36.1 Å². The van der Waals surface area contributed by atoms with Crippen LogP contribution < -0.4 is 14.4 Å². The van der Waals surface area contributed by atoms with E-state index in [1.807, 2.05) is 58.0 Å². The lowest BCUT2D eigenvalue weighted by atomic mass is 10.0. The van der Waals surface area contributed by atoms with Gasteiger partial charge in [0, 0.05) is 29.6 Å². The van der Waals surface area contributed by atoms with E-state index in [1.165, 1.54) is 24.1 Å². The topological polar surface area (TPSA) is 96.0 Å². The molecule has 0 spiro atoms. The molecule has 1 N–H and O–H groups in total. The Balaban J connectivity index is 1.87. The highest BCUT2D eigenvalue weighted by Crippen LogP contribution is 2.34. The van der Waals surface area contributed by atoms with E-state index < -0.39 is 28.5 Å². The number of nitrogens with zero attached hydrogens (tertiary/aromatic N) is 2. The second-order valence-electron chi connectivity index (χ2n) is 12.1. The number of methoxy groups -OCH3 is 1. The molecule has 0 aromatic heterocycles. The first kappa shape index (κ1) is 36.8. The number of benzene rings is 4. The van der Waals surface area contributed by atoms with Crippen LogP contribution in [0.15, 0.2) is 95.9 Å². The van der Waals surface area contributed by atoms with Crippen molar-refractivity contribution in [3.8, 4) is 5.75 Å². The second-order valence-corrected chi connectivity index (χ2v) is 14.8. The van der Waals surface area contributed by atoms with Gasteiger partial charge in [-0.15, -0.1) is 0 Å². The highest BCUT2D eigenvalue weighted by atomic mass is 35.5. The van der Waals surface area contributed by atoms with E-state index in [4.69, 9.17) is 27.9 Å². The molecule has 0 saturated carbocycles. The monoisotopic (exact) mass is 709 g/mol. The molecule has 0 aliphatic carbocycles. The van der Waals surface area contributed by atoms with Gasteiger partial charge in [-0.25, -0.2) is 8.42 Å². The van der Waals surface area contributed by atoms with Crippen LogP contribution in [0.4, 0.5) is 5.69 Å². The zero-order valence-electron chi connectivity index (χ0n) is 27.7. The molecule has 254 valence electrons. The lowest BCUT2D eigenvalue weighted by Crippen LogP contribution is -2.53. The third-order valence-corrected chi connectivity index (χ3v) is 10.2. The summed E-state index contributed by atoms with van der Waals surface area (Å²) in [4.78, 5) is 30.1. The Kier molecular flexibility index (Phi) is 12.5. The Bertz CT molecular complexity index is 1830. The zero-order chi connectivity index (χ0) is 35.0. The van der Waals surface area contributed by atoms with Gasteiger partial charge in [0.25, 0.3) is 10.0 Å². The number of hydrogen-bond donors (Lipinski definition) is 1. The normalized spacial score (nSPS) is 12.0. The summed E-state index contributed by atoms with van der Waals surface area (Å²) in [6.07, 6.45) is 0.181. The van der Waals surface area contributed by atoms with Crippen molar-refractivity contribution < 1.29 is 22.7 Å². The molecule has 0 fully saturated rings. The van der Waals surface area contributed by atoms with Crippen molar-refractivity contribution >= 4 is 50.7 Å². The third-order valence-electron chi connectivity index (χ3n) is 7.80. The fourth-order valence-electron chi connectivity index (χ4n) is 5.16. The van der Waals surface area contributed by atoms with Gasteiger partial charge in [0.15, 0.2) is 0 Å². The van der Waals surface area contributed by atoms with Crippen molar-refractivity contribution in [2.75, 3.05) is 24.5 Å². The van der Waals surface area contributed by atoms with Gasteiger partial charge < -0.3 is 15.0 Å². The third kappa shape index (κ3) is 9.30. The van der Waals surface area contributed by atoms with E-state index in [-0.39, 0.29) is 41.1 Å². The number of nitrogens with one attached hydrogen (secondary N) is 1. The number of hydrogen-bond acceptors (Lipinski definition) is 5. The van der Waals surface area contributed by atoms with E-state index in [9.17, 15) is 18.0 Å². The van der Waals surface area contributed by atoms with Crippen molar-refractivity contribution in [1.29, 1.82) is 0 Å². The number of aryl methyl sites for hydroxylation is 2. The van der Waals surface area contributed by atoms with Crippen LogP contribution in [-0.2, 0) is 32.6 Å². The smallest absolute Gasteiger partial charge is 0.264 e. The molecule has 4 aromatic carbocycles. The second kappa shape index (κ2) is 16.4. The van der Waals surface area contributed by atoms with Crippen molar-refractivity contribution in [2.45, 2.75) is 51.6 Å². The molecule has 48 heavy (non-hydrogen) atoms. The largest absolute Gasteiger partial charge is 0.495 e. The van der Waals surface area contributed by atoms with Crippen LogP contribution in [0.2, 0.25) is 10.0 Å². The summed E-state index contributed by atoms with van der Waals surface area (Å²) in [5.41, 5.74) is 3.21. The summed E-state index contributed by atoms with van der Waals surface area (Å²) in [5.74, 6) is -0.551. The maximum Gasteiger partial charge on any atom is 0.264 e. The lowest BCUT2D eigenvalue weighted by molar-refractivity contribution is -0.140. The SMILES string of the molecule is COc1ccc(C)cc1N(CC(=O)N(Cc1ccc(Cl)cc1Cl)[C@H](Cc1ccccc1)C(=O)NCC(C)C)S(=O)(=O)c1ccc(C)cc1. The Morgan fingerprint density at radius 2 is 1.54 bits per heavy atom. The van der Waals surface area contributed by atoms with Gasteiger partial charge in [-0.2, -0.15) is 0 Å². The van der Waals surface area contributed by atoms with E-state index in [0.29, 0.717) is 22.2 Å². The molecule has 2 amide bonds. The molecular formula is C37H41Cl2N3O5S. The minimum atomic E-state index is -4.30. The molecule has 0 heterocycles. The summed E-state index contributed by atoms with van der Waals surface area (Å²) >= 11 is 12.8. The van der Waals surface area contributed by atoms with E-state index in [1.54, 1.807) is 48.5 Å². The summed E-state index contributed by atoms with van der Waals surface area (Å²) in [7, 11) is -2.86. The number of rotatable bonds is 14. The molecule has 0 bridgehead atoms. The number of anilines is 1. The number of amides is 2. The van der Waals surface area contributed by atoms with E-state index in [0.717, 1.165) is 21.0 Å². The molecule has 4 aromatic rings. The average molecular weight is 711 g/mol. The fraction of sp³-hybridized carbons (Fsp3) is 0.297. The van der Waals surface area contributed by atoms with Gasteiger partial charge in [0.2, 0.25) is 11.8 Å². The highest BCUT2D eigenvalue weighted by molar-refractivity contribution is 7.92. The Morgan fingerprint density at radius 3 is 2.17 bits per heavy atom. The maximum atomic E-state index is 14.7. The average Bonchev–Trinajstić information content (AvgIpc) is 3.05. The van der Waals surface area contributed by atoms with Gasteiger partial charge in [-0.05, 0) is 72.9 Å². The number of ether oxygens (including phenoxy) is 1. The predicted octanol–water partition coefficient (Wildman–Crippen LogP) is 7.23. The van der Waals surface area contributed by atoms with Crippen molar-refractivity contribution in [1.82, 2.24) is 10.2 Å². The summed E-state index contributed by atoms with van der Waals surface area (Å²) < 4.78 is 35.4. The first-order chi connectivity index (χ1) is 22.8. The van der Waals surface area contributed by atoms with Crippen LogP contribution in [0, 0.1) is 19.8 Å². The van der Waals surface area contributed by atoms with Crippen molar-refractivity contribution in [3.63, 3.8) is 0 Å². The van der Waals surface area contributed by atoms with E-state index >= 15 is 0 Å². The summed E-state index contributed by atoms with van der Waals surface area (Å²) in [6.45, 7) is 7.33. The van der Waals surface area contributed by atoms with Gasteiger partial charge in [0.1, 0.15) is 18.3 Å². The molecule has 0 unspecified atom stereocenters. The van der Waals surface area contributed by atoms with Gasteiger partial charge >= 0.3 is 0 Å². The van der Waals surface area contributed by atoms with Crippen molar-refractivity contribution in [3.05, 3.63) is 123 Å².